The number of rotatable bonds is 4. The second kappa shape index (κ2) is 9.19. The molecule has 0 amide bonds. The van der Waals surface area contributed by atoms with Crippen LogP contribution in [0.15, 0.2) is 53.5 Å². The highest BCUT2D eigenvalue weighted by molar-refractivity contribution is 6.31. The van der Waals surface area contributed by atoms with Gasteiger partial charge in [-0.3, -0.25) is 0 Å². The van der Waals surface area contributed by atoms with E-state index in [1.165, 1.54) is 4.90 Å². The predicted octanol–water partition coefficient (Wildman–Crippen LogP) is 2.79. The van der Waals surface area contributed by atoms with E-state index in [4.69, 9.17) is 11.6 Å². The number of halogens is 2. The predicted molar refractivity (Wildman–Crippen MR) is 109 cm³/mol. The lowest BCUT2D eigenvalue weighted by Gasteiger charge is -2.27. The lowest BCUT2D eigenvalue weighted by molar-refractivity contribution is -0.440. The Bertz CT molecular complexity index is 855. The number of hydrogen-bond acceptors (Lipinski definition) is 5. The van der Waals surface area contributed by atoms with E-state index in [1.807, 2.05) is 30.3 Å². The van der Waals surface area contributed by atoms with E-state index in [2.05, 4.69) is 4.99 Å². The van der Waals surface area contributed by atoms with Gasteiger partial charge in [0.25, 0.3) is 0 Å². The molecule has 0 saturated heterocycles. The van der Waals surface area contributed by atoms with E-state index >= 15 is 0 Å². The summed E-state index contributed by atoms with van der Waals surface area (Å²) in [7, 11) is 0. The largest absolute Gasteiger partial charge is 0.623 e. The minimum absolute atomic E-state index is 0. The van der Waals surface area contributed by atoms with Gasteiger partial charge in [0.05, 0.1) is 17.9 Å². The fourth-order valence-corrected chi connectivity index (χ4v) is 3.17. The van der Waals surface area contributed by atoms with Crippen molar-refractivity contribution in [1.29, 1.82) is 0 Å². The maximum absolute atomic E-state index is 13.0. The van der Waals surface area contributed by atoms with Crippen molar-refractivity contribution in [3.8, 4) is 0 Å². The van der Waals surface area contributed by atoms with Crippen LogP contribution in [-0.4, -0.2) is 57.3 Å². The van der Waals surface area contributed by atoms with Crippen molar-refractivity contribution >= 4 is 41.2 Å². The van der Waals surface area contributed by atoms with Gasteiger partial charge in [-0.05, 0) is 37.3 Å². The van der Waals surface area contributed by atoms with E-state index < -0.39 is 6.23 Å². The summed E-state index contributed by atoms with van der Waals surface area (Å²) in [5.41, 5.74) is 2.44. The van der Waals surface area contributed by atoms with Crippen LogP contribution in [0, 0.1) is 5.21 Å². The number of benzene rings is 2. The number of aliphatic hydroxyl groups excluding tert-OH is 2. The standard InChI is InChI=1S/C19H20ClN3O3.ClH/c1-13(25)22(9-10-24)18-12-23(26)19(14-5-3-2-4-6-14)16-11-15(20)7-8-17(16)21-18;/h2-8,11,13,24-25H,9-10,12H2,1H3;1H. The van der Waals surface area contributed by atoms with Crippen LogP contribution >= 0.6 is 24.0 Å². The van der Waals surface area contributed by atoms with Crippen LogP contribution < -0.4 is 0 Å². The first kappa shape index (κ1) is 21.2. The van der Waals surface area contributed by atoms with Crippen molar-refractivity contribution in [2.45, 2.75) is 13.2 Å². The highest BCUT2D eigenvalue weighted by Gasteiger charge is 2.28. The Morgan fingerprint density at radius 3 is 2.59 bits per heavy atom. The highest BCUT2D eigenvalue weighted by atomic mass is 35.5. The Labute approximate surface area is 169 Å². The van der Waals surface area contributed by atoms with E-state index in [0.29, 0.717) is 27.8 Å². The molecular weight excluding hydrogens is 389 g/mol. The lowest BCUT2D eigenvalue weighted by atomic mass is 10.0. The number of fused-ring (bicyclic) bond motifs is 1. The number of hydroxylamine groups is 1. The van der Waals surface area contributed by atoms with Crippen molar-refractivity contribution in [2.24, 2.45) is 4.99 Å². The third kappa shape index (κ3) is 4.59. The van der Waals surface area contributed by atoms with Gasteiger partial charge in [0.2, 0.25) is 12.3 Å². The van der Waals surface area contributed by atoms with Gasteiger partial charge in [0.15, 0.2) is 5.84 Å². The Morgan fingerprint density at radius 2 is 1.96 bits per heavy atom. The Kier molecular flexibility index (Phi) is 7.21. The van der Waals surface area contributed by atoms with Crippen molar-refractivity contribution in [2.75, 3.05) is 19.7 Å². The van der Waals surface area contributed by atoms with Gasteiger partial charge in [-0.1, -0.05) is 29.8 Å². The summed E-state index contributed by atoms with van der Waals surface area (Å²) in [4.78, 5) is 6.11. The Balaban J connectivity index is 0.00000261. The van der Waals surface area contributed by atoms with Crippen molar-refractivity contribution in [3.63, 3.8) is 0 Å². The van der Waals surface area contributed by atoms with E-state index in [-0.39, 0.29) is 32.1 Å². The normalized spacial score (nSPS) is 14.6. The van der Waals surface area contributed by atoms with Gasteiger partial charge in [-0.25, -0.2) is 4.99 Å². The summed E-state index contributed by atoms with van der Waals surface area (Å²) in [5, 5.41) is 32.8. The summed E-state index contributed by atoms with van der Waals surface area (Å²) in [6, 6.07) is 14.5. The van der Waals surface area contributed by atoms with Crippen LogP contribution in [0.3, 0.4) is 0 Å². The molecule has 0 aliphatic carbocycles. The fourth-order valence-electron chi connectivity index (χ4n) is 3.00. The molecule has 3 rings (SSSR count). The van der Waals surface area contributed by atoms with Gasteiger partial charge in [-0.15, -0.1) is 12.4 Å². The number of nitrogens with zero attached hydrogens (tertiary/aromatic N) is 3. The zero-order valence-electron chi connectivity index (χ0n) is 14.7. The van der Waals surface area contributed by atoms with E-state index in [0.717, 1.165) is 10.3 Å². The number of aliphatic imine (C=N–C) groups is 1. The molecule has 2 aromatic carbocycles. The first-order chi connectivity index (χ1) is 12.5. The molecule has 0 fully saturated rings. The SMILES string of the molecule is CC(O)N(CCO)C1=Nc2ccc(Cl)cc2C(c2ccccc2)=[N+]([O-])C1.Cl. The first-order valence-corrected chi connectivity index (χ1v) is 8.69. The maximum atomic E-state index is 13.0. The quantitative estimate of drug-likeness (QED) is 0.462. The molecule has 0 radical (unpaired) electrons. The Morgan fingerprint density at radius 1 is 1.26 bits per heavy atom. The zero-order valence-corrected chi connectivity index (χ0v) is 16.3. The number of aliphatic hydroxyl groups is 2. The number of amidine groups is 1. The molecule has 6 nitrogen and oxygen atoms in total. The molecule has 27 heavy (non-hydrogen) atoms. The van der Waals surface area contributed by atoms with Crippen LogP contribution in [0.1, 0.15) is 18.1 Å². The third-order valence-electron chi connectivity index (χ3n) is 4.17. The summed E-state index contributed by atoms with van der Waals surface area (Å²) in [6.45, 7) is 1.53. The molecule has 1 heterocycles. The molecule has 1 unspecified atom stereocenters. The molecule has 1 atom stereocenters. The summed E-state index contributed by atoms with van der Waals surface area (Å²) in [6.07, 6.45) is -0.886. The van der Waals surface area contributed by atoms with Crippen LogP contribution in [0.4, 0.5) is 5.69 Å². The second-order valence-corrected chi connectivity index (χ2v) is 6.43. The highest BCUT2D eigenvalue weighted by Crippen LogP contribution is 2.28. The number of hydrogen-bond donors (Lipinski definition) is 2. The molecule has 0 saturated carbocycles. The average Bonchev–Trinajstić information content (AvgIpc) is 2.75. The van der Waals surface area contributed by atoms with Crippen LogP contribution in [0.25, 0.3) is 0 Å². The summed E-state index contributed by atoms with van der Waals surface area (Å²) in [5.74, 6) is 0.388. The molecule has 0 bridgehead atoms. The molecule has 0 spiro atoms. The van der Waals surface area contributed by atoms with Crippen molar-refractivity contribution < 1.29 is 15.0 Å². The van der Waals surface area contributed by atoms with Gasteiger partial charge in [0.1, 0.15) is 6.23 Å². The molecule has 144 valence electrons. The molecule has 2 N–H and O–H groups in total. The fraction of sp³-hybridized carbons (Fsp3) is 0.263. The van der Waals surface area contributed by atoms with Crippen LogP contribution in [0.5, 0.6) is 0 Å². The molecule has 2 aromatic rings. The average molecular weight is 410 g/mol. The second-order valence-electron chi connectivity index (χ2n) is 5.99. The summed E-state index contributed by atoms with van der Waals surface area (Å²) < 4.78 is 0.850. The first-order valence-electron chi connectivity index (χ1n) is 8.31. The summed E-state index contributed by atoms with van der Waals surface area (Å²) >= 11 is 6.16. The molecule has 1 aliphatic heterocycles. The van der Waals surface area contributed by atoms with Crippen LogP contribution in [0.2, 0.25) is 5.02 Å². The van der Waals surface area contributed by atoms with Gasteiger partial charge in [-0.2, -0.15) is 4.74 Å². The van der Waals surface area contributed by atoms with Crippen LogP contribution in [-0.2, 0) is 0 Å². The monoisotopic (exact) mass is 409 g/mol. The molecule has 8 heteroatoms. The van der Waals surface area contributed by atoms with Gasteiger partial charge >= 0.3 is 0 Å². The minimum Gasteiger partial charge on any atom is -0.623 e. The smallest absolute Gasteiger partial charge is 0.228 e. The van der Waals surface area contributed by atoms with Gasteiger partial charge < -0.3 is 20.3 Å². The molecule has 0 aromatic heterocycles. The van der Waals surface area contributed by atoms with Crippen molar-refractivity contribution in [3.05, 3.63) is 69.9 Å². The van der Waals surface area contributed by atoms with E-state index in [9.17, 15) is 15.4 Å². The molecular formula is C19H21Cl2N3O3. The molecule has 1 aliphatic rings. The van der Waals surface area contributed by atoms with E-state index in [1.54, 1.807) is 25.1 Å². The van der Waals surface area contributed by atoms with Gasteiger partial charge in [0, 0.05) is 17.1 Å². The minimum atomic E-state index is -0.886. The lowest BCUT2D eigenvalue weighted by Crippen LogP contribution is -2.43. The van der Waals surface area contributed by atoms with Crippen molar-refractivity contribution in [1.82, 2.24) is 4.90 Å². The zero-order chi connectivity index (χ0) is 18.7. The third-order valence-corrected chi connectivity index (χ3v) is 4.40. The Hall–Kier alpha value is -2.12. The topological polar surface area (TPSA) is 82.1 Å². The maximum Gasteiger partial charge on any atom is 0.228 e.